The molecule has 0 aliphatic rings. The van der Waals surface area contributed by atoms with Crippen molar-refractivity contribution in [1.29, 1.82) is 0 Å². The molecule has 1 aromatic heterocycles. The molecule has 0 atom stereocenters. The maximum atomic E-state index is 4.43. The lowest BCUT2D eigenvalue weighted by Crippen LogP contribution is -2.25. The highest BCUT2D eigenvalue weighted by Crippen LogP contribution is 2.26. The molecule has 0 saturated heterocycles. The summed E-state index contributed by atoms with van der Waals surface area (Å²) in [5.41, 5.74) is 1.23. The summed E-state index contributed by atoms with van der Waals surface area (Å²) in [5.74, 6) is 1.05. The number of halogens is 2. The number of rotatable bonds is 5. The van der Waals surface area contributed by atoms with Crippen LogP contribution in [0.4, 0.5) is 5.82 Å². The summed E-state index contributed by atoms with van der Waals surface area (Å²) in [5, 5.41) is 1.03. The first-order valence-corrected chi connectivity index (χ1v) is 7.04. The highest BCUT2D eigenvalue weighted by molar-refractivity contribution is 9.10. The van der Waals surface area contributed by atoms with E-state index in [-0.39, 0.29) is 0 Å². The van der Waals surface area contributed by atoms with E-state index in [1.807, 2.05) is 12.3 Å². The lowest BCUT2D eigenvalue weighted by atomic mass is 10.3. The minimum absolute atomic E-state index is 0.988. The van der Waals surface area contributed by atoms with E-state index < -0.39 is 0 Å². The molecule has 15 heavy (non-hydrogen) atoms. The average Bonchev–Trinajstić information content (AvgIpc) is 2.25. The first kappa shape index (κ1) is 13.0. The van der Waals surface area contributed by atoms with Gasteiger partial charge in [-0.2, -0.15) is 0 Å². The van der Waals surface area contributed by atoms with E-state index in [0.717, 1.165) is 35.1 Å². The normalized spacial score (nSPS) is 10.4. The van der Waals surface area contributed by atoms with E-state index >= 15 is 0 Å². The number of pyridine rings is 1. The fraction of sp³-hybridized carbons (Fsp3) is 0.545. The molecule has 4 heteroatoms. The van der Waals surface area contributed by atoms with E-state index in [0.29, 0.717) is 0 Å². The van der Waals surface area contributed by atoms with Crippen molar-refractivity contribution in [2.45, 2.75) is 20.3 Å². The van der Waals surface area contributed by atoms with Crippen LogP contribution in [0.25, 0.3) is 0 Å². The molecule has 1 rings (SSSR count). The minimum atomic E-state index is 0.988. The molecule has 0 N–H and O–H groups in total. The van der Waals surface area contributed by atoms with Crippen LogP contribution < -0.4 is 4.90 Å². The average molecular weight is 336 g/mol. The second kappa shape index (κ2) is 6.48. The van der Waals surface area contributed by atoms with Crippen molar-refractivity contribution >= 4 is 37.7 Å². The zero-order valence-corrected chi connectivity index (χ0v) is 12.3. The fourth-order valence-corrected chi connectivity index (χ4v) is 2.15. The van der Waals surface area contributed by atoms with Crippen LogP contribution in [0.5, 0.6) is 0 Å². The largest absolute Gasteiger partial charge is 0.356 e. The van der Waals surface area contributed by atoms with Crippen LogP contribution in [0.2, 0.25) is 0 Å². The Kier molecular flexibility index (Phi) is 5.61. The first-order chi connectivity index (χ1) is 7.20. The molecule has 0 bridgehead atoms. The number of hydrogen-bond acceptors (Lipinski definition) is 2. The van der Waals surface area contributed by atoms with E-state index in [9.17, 15) is 0 Å². The summed E-state index contributed by atoms with van der Waals surface area (Å²) in [6.07, 6.45) is 3.00. The molecule has 0 radical (unpaired) electrons. The molecule has 0 amide bonds. The van der Waals surface area contributed by atoms with Gasteiger partial charge in [-0.3, -0.25) is 0 Å². The van der Waals surface area contributed by atoms with Gasteiger partial charge in [-0.25, -0.2) is 4.98 Å². The van der Waals surface area contributed by atoms with Crippen LogP contribution in [0.3, 0.4) is 0 Å². The molecule has 1 heterocycles. The standard InChI is InChI=1S/C11H16Br2N2/c1-3-15(8-4-6-12)11-10(13)9(2)5-7-14-11/h5,7H,3-4,6,8H2,1-2H3. The third-order valence-corrected chi connectivity index (χ3v) is 3.85. The number of nitrogens with zero attached hydrogens (tertiary/aromatic N) is 2. The number of alkyl halides is 1. The lowest BCUT2D eigenvalue weighted by Gasteiger charge is -2.23. The van der Waals surface area contributed by atoms with Crippen molar-refractivity contribution < 1.29 is 0 Å². The van der Waals surface area contributed by atoms with Gasteiger partial charge in [0.05, 0.1) is 4.47 Å². The Labute approximate surface area is 108 Å². The van der Waals surface area contributed by atoms with Crippen molar-refractivity contribution in [2.24, 2.45) is 0 Å². The Morgan fingerprint density at radius 3 is 2.80 bits per heavy atom. The van der Waals surface area contributed by atoms with Gasteiger partial charge in [0.1, 0.15) is 5.82 Å². The predicted octanol–water partition coefficient (Wildman–Crippen LogP) is 3.76. The smallest absolute Gasteiger partial charge is 0.143 e. The first-order valence-electron chi connectivity index (χ1n) is 5.12. The van der Waals surface area contributed by atoms with Crippen LogP contribution in [0, 0.1) is 6.92 Å². The van der Waals surface area contributed by atoms with E-state index in [4.69, 9.17) is 0 Å². The molecule has 0 aliphatic heterocycles. The SMILES string of the molecule is CCN(CCCBr)c1nccc(C)c1Br. The lowest BCUT2D eigenvalue weighted by molar-refractivity contribution is 0.782. The molecule has 1 aromatic rings. The molecule has 0 aromatic carbocycles. The van der Waals surface area contributed by atoms with Gasteiger partial charge in [-0.1, -0.05) is 15.9 Å². The summed E-state index contributed by atoms with van der Waals surface area (Å²) in [4.78, 5) is 6.72. The van der Waals surface area contributed by atoms with Crippen molar-refractivity contribution in [1.82, 2.24) is 4.98 Å². The highest BCUT2D eigenvalue weighted by Gasteiger charge is 2.10. The Balaban J connectivity index is 2.86. The van der Waals surface area contributed by atoms with Gasteiger partial charge in [-0.05, 0) is 47.8 Å². The van der Waals surface area contributed by atoms with Gasteiger partial charge in [0.2, 0.25) is 0 Å². The van der Waals surface area contributed by atoms with Crippen LogP contribution in [-0.2, 0) is 0 Å². The Bertz CT molecular complexity index is 315. The Hall–Kier alpha value is -0.0900. The van der Waals surface area contributed by atoms with E-state index in [1.165, 1.54) is 5.56 Å². The van der Waals surface area contributed by atoms with Gasteiger partial charge in [0.15, 0.2) is 0 Å². The molecule has 0 aliphatic carbocycles. The Morgan fingerprint density at radius 2 is 2.20 bits per heavy atom. The van der Waals surface area contributed by atoms with Crippen molar-refractivity contribution in [2.75, 3.05) is 23.3 Å². The molecule has 2 nitrogen and oxygen atoms in total. The number of aryl methyl sites for hydroxylation is 1. The third-order valence-electron chi connectivity index (χ3n) is 2.31. The second-order valence-corrected chi connectivity index (χ2v) is 4.97. The molecule has 84 valence electrons. The van der Waals surface area contributed by atoms with Gasteiger partial charge in [0.25, 0.3) is 0 Å². The zero-order valence-electron chi connectivity index (χ0n) is 9.13. The maximum absolute atomic E-state index is 4.43. The van der Waals surface area contributed by atoms with Gasteiger partial charge in [-0.15, -0.1) is 0 Å². The van der Waals surface area contributed by atoms with Crippen LogP contribution in [-0.4, -0.2) is 23.4 Å². The topological polar surface area (TPSA) is 16.1 Å². The third kappa shape index (κ3) is 3.45. The van der Waals surface area contributed by atoms with E-state index in [2.05, 4.69) is 55.6 Å². The highest BCUT2D eigenvalue weighted by atomic mass is 79.9. The maximum Gasteiger partial charge on any atom is 0.143 e. The predicted molar refractivity (Wildman–Crippen MR) is 73.0 cm³/mol. The molecular weight excluding hydrogens is 320 g/mol. The van der Waals surface area contributed by atoms with Crippen molar-refractivity contribution in [3.05, 3.63) is 22.3 Å². The van der Waals surface area contributed by atoms with Gasteiger partial charge < -0.3 is 4.90 Å². The number of hydrogen-bond donors (Lipinski definition) is 0. The summed E-state index contributed by atoms with van der Waals surface area (Å²) in [7, 11) is 0. The summed E-state index contributed by atoms with van der Waals surface area (Å²) in [6.45, 7) is 6.27. The van der Waals surface area contributed by atoms with Crippen molar-refractivity contribution in [3.8, 4) is 0 Å². The number of aromatic nitrogens is 1. The molecule has 0 spiro atoms. The monoisotopic (exact) mass is 334 g/mol. The number of anilines is 1. The fourth-order valence-electron chi connectivity index (χ4n) is 1.41. The van der Waals surface area contributed by atoms with Gasteiger partial charge >= 0.3 is 0 Å². The Morgan fingerprint density at radius 1 is 1.47 bits per heavy atom. The van der Waals surface area contributed by atoms with Crippen LogP contribution in [0.15, 0.2) is 16.7 Å². The second-order valence-electron chi connectivity index (χ2n) is 3.39. The molecule has 0 fully saturated rings. The summed E-state index contributed by atoms with van der Waals surface area (Å²) < 4.78 is 1.11. The molecular formula is C11H16Br2N2. The molecule has 0 saturated carbocycles. The van der Waals surface area contributed by atoms with Crippen molar-refractivity contribution in [3.63, 3.8) is 0 Å². The van der Waals surface area contributed by atoms with E-state index in [1.54, 1.807) is 0 Å². The van der Waals surface area contributed by atoms with Crippen LogP contribution >= 0.6 is 31.9 Å². The zero-order chi connectivity index (χ0) is 11.3. The quantitative estimate of drug-likeness (QED) is 0.761. The minimum Gasteiger partial charge on any atom is -0.356 e. The van der Waals surface area contributed by atoms with Crippen LogP contribution in [0.1, 0.15) is 18.9 Å². The molecule has 0 unspecified atom stereocenters. The summed E-state index contributed by atoms with van der Waals surface area (Å²) in [6, 6.07) is 2.02. The van der Waals surface area contributed by atoms with Gasteiger partial charge in [0, 0.05) is 24.6 Å². The summed E-state index contributed by atoms with van der Waals surface area (Å²) >= 11 is 7.05.